The number of nitrogens with zero attached hydrogens (tertiary/aromatic N) is 1. The summed E-state index contributed by atoms with van der Waals surface area (Å²) < 4.78 is 39.7. The van der Waals surface area contributed by atoms with Crippen LogP contribution in [0.3, 0.4) is 0 Å². The largest absolute Gasteiger partial charge is 0.480 e. The van der Waals surface area contributed by atoms with Crippen molar-refractivity contribution in [3.8, 4) is 0 Å². The highest BCUT2D eigenvalue weighted by atomic mass is 32.2. The molecule has 1 aromatic rings. The zero-order valence-corrected chi connectivity index (χ0v) is 14.6. The Kier molecular flexibility index (Phi) is 6.85. The first kappa shape index (κ1) is 20.0. The van der Waals surface area contributed by atoms with Crippen LogP contribution >= 0.6 is 0 Å². The third-order valence-corrected chi connectivity index (χ3v) is 5.29. The summed E-state index contributed by atoms with van der Waals surface area (Å²) in [7, 11) is -4.09. The molecule has 0 fully saturated rings. The number of amides is 1. The maximum Gasteiger partial charge on any atom is 0.321 e. The predicted molar refractivity (Wildman–Crippen MR) is 86.2 cm³/mol. The minimum absolute atomic E-state index is 0.0391. The van der Waals surface area contributed by atoms with Gasteiger partial charge in [-0.3, -0.25) is 9.59 Å². The fourth-order valence-electron chi connectivity index (χ4n) is 2.09. The van der Waals surface area contributed by atoms with Crippen LogP contribution in [0.15, 0.2) is 18.2 Å². The predicted octanol–water partition coefficient (Wildman–Crippen LogP) is 0.875. The van der Waals surface area contributed by atoms with Gasteiger partial charge in [-0.2, -0.15) is 4.31 Å². The van der Waals surface area contributed by atoms with Crippen LogP contribution < -0.4 is 5.32 Å². The van der Waals surface area contributed by atoms with Gasteiger partial charge in [-0.25, -0.2) is 12.8 Å². The summed E-state index contributed by atoms with van der Waals surface area (Å²) in [6.07, 6.45) is 0. The van der Waals surface area contributed by atoms with Crippen LogP contribution in [0.1, 0.15) is 25.0 Å². The number of carboxylic acid groups (broad SMARTS) is 1. The lowest BCUT2D eigenvalue weighted by Gasteiger charge is -2.26. The summed E-state index contributed by atoms with van der Waals surface area (Å²) in [5.41, 5.74) is 0.609. The number of sulfonamides is 1. The number of halogens is 1. The van der Waals surface area contributed by atoms with E-state index in [1.807, 2.05) is 0 Å². The van der Waals surface area contributed by atoms with E-state index in [4.69, 9.17) is 5.11 Å². The van der Waals surface area contributed by atoms with E-state index in [-0.39, 0.29) is 24.6 Å². The quantitative estimate of drug-likeness (QED) is 0.716. The summed E-state index contributed by atoms with van der Waals surface area (Å²) in [5.74, 6) is -3.01. The standard InChI is InChI=1S/C15H21FN2O5S/c1-10-4-5-13(14(16)8-10)9-24(22,23)18(11(2)15(20)21)7-6-17-12(3)19/h4-5,8,11H,6-7,9H2,1-3H3,(H,17,19)(H,20,21). The summed E-state index contributed by atoms with van der Waals surface area (Å²) in [6, 6.07) is 2.82. The van der Waals surface area contributed by atoms with Gasteiger partial charge >= 0.3 is 5.97 Å². The minimum atomic E-state index is -4.09. The summed E-state index contributed by atoms with van der Waals surface area (Å²) in [6.45, 7) is 3.90. The Bertz CT molecular complexity index is 721. The van der Waals surface area contributed by atoms with E-state index in [2.05, 4.69) is 5.32 Å². The molecule has 2 N–H and O–H groups in total. The molecule has 9 heteroatoms. The van der Waals surface area contributed by atoms with Gasteiger partial charge in [0.05, 0.1) is 5.75 Å². The molecule has 0 saturated carbocycles. The van der Waals surface area contributed by atoms with Crippen molar-refractivity contribution >= 4 is 21.9 Å². The SMILES string of the molecule is CC(=O)NCCN(C(C)C(=O)O)S(=O)(=O)Cc1ccc(C)cc1F. The molecule has 0 bridgehead atoms. The average Bonchev–Trinajstić information content (AvgIpc) is 2.45. The third kappa shape index (κ3) is 5.57. The van der Waals surface area contributed by atoms with Crippen LogP contribution in [0, 0.1) is 12.7 Å². The van der Waals surface area contributed by atoms with Crippen LogP contribution in [-0.4, -0.2) is 48.8 Å². The second-order valence-corrected chi connectivity index (χ2v) is 7.38. The number of carbonyl (C=O) groups is 2. The Morgan fingerprint density at radius 1 is 1.38 bits per heavy atom. The van der Waals surface area contributed by atoms with Gasteiger partial charge in [0, 0.05) is 25.6 Å². The number of rotatable bonds is 8. The van der Waals surface area contributed by atoms with Crippen molar-refractivity contribution in [2.75, 3.05) is 13.1 Å². The van der Waals surface area contributed by atoms with Crippen molar-refractivity contribution in [1.29, 1.82) is 0 Å². The molecule has 1 amide bonds. The lowest BCUT2D eigenvalue weighted by molar-refractivity contribution is -0.140. The zero-order valence-electron chi connectivity index (χ0n) is 13.7. The third-order valence-electron chi connectivity index (χ3n) is 3.40. The molecule has 134 valence electrons. The fraction of sp³-hybridized carbons (Fsp3) is 0.467. The highest BCUT2D eigenvalue weighted by Gasteiger charge is 2.32. The molecule has 1 atom stereocenters. The van der Waals surface area contributed by atoms with E-state index >= 15 is 0 Å². The number of aliphatic carboxylic acids is 1. The number of carboxylic acids is 1. The molecular formula is C15H21FN2O5S. The van der Waals surface area contributed by atoms with Gasteiger partial charge in [0.2, 0.25) is 15.9 Å². The molecule has 1 aromatic carbocycles. The zero-order chi connectivity index (χ0) is 18.5. The fourth-order valence-corrected chi connectivity index (χ4v) is 3.82. The molecule has 0 aromatic heterocycles. The molecule has 0 saturated heterocycles. The molecule has 1 unspecified atom stereocenters. The molecule has 0 aliphatic rings. The van der Waals surface area contributed by atoms with Crippen molar-refractivity contribution in [2.24, 2.45) is 0 Å². The smallest absolute Gasteiger partial charge is 0.321 e. The van der Waals surface area contributed by atoms with Crippen molar-refractivity contribution in [2.45, 2.75) is 32.6 Å². The van der Waals surface area contributed by atoms with Crippen LogP contribution in [0.25, 0.3) is 0 Å². The van der Waals surface area contributed by atoms with E-state index < -0.39 is 33.6 Å². The van der Waals surface area contributed by atoms with Crippen molar-refractivity contribution in [3.05, 3.63) is 35.1 Å². The second-order valence-electron chi connectivity index (χ2n) is 5.46. The average molecular weight is 360 g/mol. The Labute approximate surface area is 140 Å². The Morgan fingerprint density at radius 2 is 2.00 bits per heavy atom. The van der Waals surface area contributed by atoms with Gasteiger partial charge in [0.1, 0.15) is 11.9 Å². The number of hydrogen-bond donors (Lipinski definition) is 2. The molecule has 0 aliphatic carbocycles. The monoisotopic (exact) mass is 360 g/mol. The molecule has 0 spiro atoms. The molecule has 7 nitrogen and oxygen atoms in total. The van der Waals surface area contributed by atoms with Crippen LogP contribution in [0.2, 0.25) is 0 Å². The van der Waals surface area contributed by atoms with E-state index in [1.54, 1.807) is 13.0 Å². The topological polar surface area (TPSA) is 104 Å². The minimum Gasteiger partial charge on any atom is -0.480 e. The molecule has 1 rings (SSSR count). The first-order chi connectivity index (χ1) is 11.0. The number of hydrogen-bond acceptors (Lipinski definition) is 4. The van der Waals surface area contributed by atoms with Gasteiger partial charge in [0.15, 0.2) is 0 Å². The Balaban J connectivity index is 3.04. The highest BCUT2D eigenvalue weighted by molar-refractivity contribution is 7.88. The molecule has 0 heterocycles. The van der Waals surface area contributed by atoms with Crippen molar-refractivity contribution < 1.29 is 27.5 Å². The number of nitrogens with one attached hydrogen (secondary N) is 1. The Morgan fingerprint density at radius 3 is 2.50 bits per heavy atom. The molecule has 0 radical (unpaired) electrons. The number of benzene rings is 1. The second kappa shape index (κ2) is 8.20. The Hall–Kier alpha value is -2.00. The van der Waals surface area contributed by atoms with Crippen molar-refractivity contribution in [1.82, 2.24) is 9.62 Å². The van der Waals surface area contributed by atoms with Gasteiger partial charge in [-0.05, 0) is 25.5 Å². The first-order valence-corrected chi connectivity index (χ1v) is 8.87. The van der Waals surface area contributed by atoms with Crippen LogP contribution in [-0.2, 0) is 25.4 Å². The van der Waals surface area contributed by atoms with Gasteiger partial charge in [-0.1, -0.05) is 12.1 Å². The molecule has 24 heavy (non-hydrogen) atoms. The van der Waals surface area contributed by atoms with E-state index in [0.717, 1.165) is 4.31 Å². The summed E-state index contributed by atoms with van der Waals surface area (Å²) in [4.78, 5) is 22.1. The van der Waals surface area contributed by atoms with Crippen molar-refractivity contribution in [3.63, 3.8) is 0 Å². The molecule has 0 aliphatic heterocycles. The number of aryl methyl sites for hydroxylation is 1. The maximum atomic E-state index is 13.9. The van der Waals surface area contributed by atoms with Crippen LogP contribution in [0.5, 0.6) is 0 Å². The van der Waals surface area contributed by atoms with Gasteiger partial charge < -0.3 is 10.4 Å². The normalized spacial score (nSPS) is 12.9. The lowest BCUT2D eigenvalue weighted by atomic mass is 10.2. The van der Waals surface area contributed by atoms with E-state index in [9.17, 15) is 22.4 Å². The highest BCUT2D eigenvalue weighted by Crippen LogP contribution is 2.17. The summed E-state index contributed by atoms with van der Waals surface area (Å²) >= 11 is 0. The van der Waals surface area contributed by atoms with Gasteiger partial charge in [0.25, 0.3) is 0 Å². The van der Waals surface area contributed by atoms with Crippen LogP contribution in [0.4, 0.5) is 4.39 Å². The first-order valence-electron chi connectivity index (χ1n) is 7.26. The number of carbonyl (C=O) groups excluding carboxylic acids is 1. The van der Waals surface area contributed by atoms with Gasteiger partial charge in [-0.15, -0.1) is 0 Å². The van der Waals surface area contributed by atoms with E-state index in [1.165, 1.54) is 26.0 Å². The van der Waals surface area contributed by atoms with E-state index in [0.29, 0.717) is 5.56 Å². The summed E-state index contributed by atoms with van der Waals surface area (Å²) in [5, 5.41) is 11.5. The maximum absolute atomic E-state index is 13.9. The lowest BCUT2D eigenvalue weighted by Crippen LogP contribution is -2.47. The molecular weight excluding hydrogens is 339 g/mol.